The van der Waals surface area contributed by atoms with Crippen LogP contribution in [0, 0.1) is 0 Å². The molecule has 0 aliphatic heterocycles. The molecule has 0 amide bonds. The van der Waals surface area contributed by atoms with Gasteiger partial charge in [0.25, 0.3) is 0 Å². The number of rotatable bonds is 9. The molecule has 0 aliphatic rings. The summed E-state index contributed by atoms with van der Waals surface area (Å²) in [4.78, 5) is 13.0. The lowest BCUT2D eigenvalue weighted by molar-refractivity contribution is 0.0439. The molecule has 0 atom stereocenters. The fraction of sp³-hybridized carbons (Fsp3) is 0.222. The molecule has 6 nitrogen and oxygen atoms in total. The summed E-state index contributed by atoms with van der Waals surface area (Å²) in [6.07, 6.45) is 0. The SMILES string of the molecule is CCOC(=O)c1cc2ccccc2c(-c2c(OCOC)ccc3ccccc23)c1OCOC. The van der Waals surface area contributed by atoms with E-state index in [-0.39, 0.29) is 20.2 Å². The van der Waals surface area contributed by atoms with Gasteiger partial charge in [0, 0.05) is 25.3 Å². The number of hydrogen-bond donors (Lipinski definition) is 0. The molecule has 0 bridgehead atoms. The minimum absolute atomic E-state index is 0.0310. The Kier molecular flexibility index (Phi) is 7.07. The second-order valence-electron chi connectivity index (χ2n) is 7.33. The normalized spacial score (nSPS) is 11.0. The van der Waals surface area contributed by atoms with Gasteiger partial charge in [-0.3, -0.25) is 0 Å². The third kappa shape index (κ3) is 4.49. The van der Waals surface area contributed by atoms with Crippen molar-refractivity contribution in [2.24, 2.45) is 0 Å². The maximum absolute atomic E-state index is 13.0. The zero-order chi connectivity index (χ0) is 23.2. The lowest BCUT2D eigenvalue weighted by Gasteiger charge is -2.21. The lowest BCUT2D eigenvalue weighted by atomic mass is 9.90. The summed E-state index contributed by atoms with van der Waals surface area (Å²) in [6, 6.07) is 21.6. The third-order valence-corrected chi connectivity index (χ3v) is 5.29. The number of fused-ring (bicyclic) bond motifs is 2. The Morgan fingerprint density at radius 1 is 0.758 bits per heavy atom. The summed E-state index contributed by atoms with van der Waals surface area (Å²) in [5.74, 6) is 0.534. The summed E-state index contributed by atoms with van der Waals surface area (Å²) in [5, 5.41) is 3.78. The van der Waals surface area contributed by atoms with Crippen LogP contribution in [0.15, 0.2) is 66.7 Å². The number of esters is 1. The van der Waals surface area contributed by atoms with Crippen LogP contribution in [0.3, 0.4) is 0 Å². The Bertz CT molecular complexity index is 1280. The van der Waals surface area contributed by atoms with Crippen molar-refractivity contribution < 1.29 is 28.5 Å². The summed E-state index contributed by atoms with van der Waals surface area (Å²) in [6.45, 7) is 2.07. The van der Waals surface area contributed by atoms with Crippen LogP contribution in [0.4, 0.5) is 0 Å². The van der Waals surface area contributed by atoms with Crippen LogP contribution in [-0.2, 0) is 14.2 Å². The first-order chi connectivity index (χ1) is 16.2. The Hall–Kier alpha value is -3.61. The van der Waals surface area contributed by atoms with Crippen LogP contribution >= 0.6 is 0 Å². The van der Waals surface area contributed by atoms with Crippen LogP contribution in [0.1, 0.15) is 17.3 Å². The molecule has 0 saturated heterocycles. The number of benzene rings is 4. The van der Waals surface area contributed by atoms with Crippen molar-refractivity contribution in [3.63, 3.8) is 0 Å². The Morgan fingerprint density at radius 3 is 2.09 bits per heavy atom. The van der Waals surface area contributed by atoms with Crippen molar-refractivity contribution >= 4 is 27.5 Å². The fourth-order valence-corrected chi connectivity index (χ4v) is 3.96. The maximum Gasteiger partial charge on any atom is 0.341 e. The number of hydrogen-bond acceptors (Lipinski definition) is 6. The van der Waals surface area contributed by atoms with Crippen LogP contribution in [0.2, 0.25) is 0 Å². The first-order valence-electron chi connectivity index (χ1n) is 10.7. The van der Waals surface area contributed by atoms with Crippen molar-refractivity contribution in [1.82, 2.24) is 0 Å². The molecule has 4 aromatic carbocycles. The fourth-order valence-electron chi connectivity index (χ4n) is 3.96. The van der Waals surface area contributed by atoms with E-state index in [2.05, 4.69) is 0 Å². The molecular weight excluding hydrogens is 420 g/mol. The highest BCUT2D eigenvalue weighted by molar-refractivity contribution is 6.13. The molecule has 33 heavy (non-hydrogen) atoms. The predicted octanol–water partition coefficient (Wildman–Crippen LogP) is 5.80. The summed E-state index contributed by atoms with van der Waals surface area (Å²) in [7, 11) is 3.11. The molecule has 0 heterocycles. The van der Waals surface area contributed by atoms with Crippen LogP contribution in [0.25, 0.3) is 32.7 Å². The van der Waals surface area contributed by atoms with Gasteiger partial charge < -0.3 is 23.7 Å². The van der Waals surface area contributed by atoms with E-state index in [1.165, 1.54) is 7.11 Å². The largest absolute Gasteiger partial charge is 0.467 e. The summed E-state index contributed by atoms with van der Waals surface area (Å²) >= 11 is 0. The molecule has 0 fully saturated rings. The van der Waals surface area contributed by atoms with Gasteiger partial charge in [-0.05, 0) is 40.6 Å². The molecule has 4 rings (SSSR count). The predicted molar refractivity (Wildman–Crippen MR) is 128 cm³/mol. The number of carbonyl (C=O) groups is 1. The van der Waals surface area contributed by atoms with E-state index in [4.69, 9.17) is 23.7 Å². The molecular formula is C27H26O6. The van der Waals surface area contributed by atoms with Crippen molar-refractivity contribution in [1.29, 1.82) is 0 Å². The molecule has 0 aliphatic carbocycles. The van der Waals surface area contributed by atoms with E-state index >= 15 is 0 Å². The van der Waals surface area contributed by atoms with Crippen LogP contribution in [-0.4, -0.2) is 40.4 Å². The van der Waals surface area contributed by atoms with Gasteiger partial charge in [0.1, 0.15) is 17.1 Å². The molecule has 0 radical (unpaired) electrons. The van der Waals surface area contributed by atoms with Gasteiger partial charge in [-0.15, -0.1) is 0 Å². The second-order valence-corrected chi connectivity index (χ2v) is 7.33. The van der Waals surface area contributed by atoms with E-state index in [0.717, 1.165) is 32.7 Å². The quantitative estimate of drug-likeness (QED) is 0.239. The smallest absolute Gasteiger partial charge is 0.341 e. The van der Waals surface area contributed by atoms with Crippen molar-refractivity contribution in [3.05, 3.63) is 72.3 Å². The molecule has 4 aromatic rings. The monoisotopic (exact) mass is 446 g/mol. The average molecular weight is 446 g/mol. The molecule has 0 saturated carbocycles. The first-order valence-corrected chi connectivity index (χ1v) is 10.7. The summed E-state index contributed by atoms with van der Waals surface area (Å²) < 4.78 is 27.8. The van der Waals surface area contributed by atoms with Crippen molar-refractivity contribution in [3.8, 4) is 22.6 Å². The van der Waals surface area contributed by atoms with Crippen LogP contribution in [0.5, 0.6) is 11.5 Å². The van der Waals surface area contributed by atoms with E-state index in [9.17, 15) is 4.79 Å². The Balaban J connectivity index is 2.14. The van der Waals surface area contributed by atoms with Gasteiger partial charge in [-0.2, -0.15) is 0 Å². The molecule has 0 N–H and O–H groups in total. The van der Waals surface area contributed by atoms with Crippen molar-refractivity contribution in [2.75, 3.05) is 34.4 Å². The Labute approximate surface area is 192 Å². The van der Waals surface area contributed by atoms with E-state index < -0.39 is 5.97 Å². The van der Waals surface area contributed by atoms with Gasteiger partial charge >= 0.3 is 5.97 Å². The maximum atomic E-state index is 13.0. The lowest BCUT2D eigenvalue weighted by Crippen LogP contribution is -2.11. The molecule has 0 unspecified atom stereocenters. The first kappa shape index (κ1) is 22.6. The zero-order valence-corrected chi connectivity index (χ0v) is 18.9. The highest BCUT2D eigenvalue weighted by atomic mass is 16.7. The molecule has 170 valence electrons. The molecule has 0 aromatic heterocycles. The van der Waals surface area contributed by atoms with Gasteiger partial charge in [0.15, 0.2) is 13.6 Å². The molecule has 6 heteroatoms. The highest BCUT2D eigenvalue weighted by Gasteiger charge is 2.25. The minimum Gasteiger partial charge on any atom is -0.467 e. The van der Waals surface area contributed by atoms with Gasteiger partial charge in [0.05, 0.1) is 6.61 Å². The third-order valence-electron chi connectivity index (χ3n) is 5.29. The van der Waals surface area contributed by atoms with E-state index in [1.807, 2.05) is 60.7 Å². The van der Waals surface area contributed by atoms with E-state index in [1.54, 1.807) is 20.1 Å². The zero-order valence-electron chi connectivity index (χ0n) is 18.9. The minimum atomic E-state index is -0.463. The number of methoxy groups -OCH3 is 2. The van der Waals surface area contributed by atoms with Gasteiger partial charge in [-0.25, -0.2) is 4.79 Å². The molecule has 0 spiro atoms. The van der Waals surface area contributed by atoms with Crippen LogP contribution < -0.4 is 9.47 Å². The van der Waals surface area contributed by atoms with Gasteiger partial charge in [-0.1, -0.05) is 54.6 Å². The van der Waals surface area contributed by atoms with E-state index in [0.29, 0.717) is 17.1 Å². The van der Waals surface area contributed by atoms with Crippen molar-refractivity contribution in [2.45, 2.75) is 6.92 Å². The summed E-state index contributed by atoms with van der Waals surface area (Å²) in [5.41, 5.74) is 1.86. The van der Waals surface area contributed by atoms with Gasteiger partial charge in [0.2, 0.25) is 0 Å². The topological polar surface area (TPSA) is 63.2 Å². The standard InChI is InChI=1S/C27H26O6/c1-4-31-27(28)22-15-19-10-6-8-12-21(19)25(26(22)33-17-30-3)24-20-11-7-5-9-18(20)13-14-23(24)32-16-29-2/h5-15H,4,16-17H2,1-3H3. The average Bonchev–Trinajstić information content (AvgIpc) is 2.85. The Morgan fingerprint density at radius 2 is 1.39 bits per heavy atom. The number of carbonyl (C=O) groups excluding carboxylic acids is 1. The number of ether oxygens (including phenoxy) is 5. The highest BCUT2D eigenvalue weighted by Crippen LogP contribution is 2.47. The second kappa shape index (κ2) is 10.3.